The second kappa shape index (κ2) is 8.04. The van der Waals surface area contributed by atoms with E-state index in [1.807, 2.05) is 18.2 Å². The average Bonchev–Trinajstić information content (AvgIpc) is 2.42. The molecule has 0 saturated carbocycles. The largest absolute Gasteiger partial charge is 0.369 e. The van der Waals surface area contributed by atoms with Crippen molar-refractivity contribution in [2.75, 3.05) is 38.6 Å². The zero-order chi connectivity index (χ0) is 14.3. The van der Waals surface area contributed by atoms with Gasteiger partial charge in [-0.15, -0.1) is 11.6 Å². The van der Waals surface area contributed by atoms with Crippen LogP contribution in [-0.2, 0) is 5.88 Å². The molecule has 0 aliphatic carbocycles. The van der Waals surface area contributed by atoms with Crippen molar-refractivity contribution in [1.29, 1.82) is 5.26 Å². The molecule has 4 heteroatoms. The van der Waals surface area contributed by atoms with Crippen LogP contribution < -0.4 is 4.90 Å². The van der Waals surface area contributed by atoms with Crippen LogP contribution in [0.3, 0.4) is 0 Å². The highest BCUT2D eigenvalue weighted by molar-refractivity contribution is 6.17. The van der Waals surface area contributed by atoms with Gasteiger partial charge in [0.05, 0.1) is 11.3 Å². The maximum absolute atomic E-state index is 9.30. The Balaban J connectivity index is 2.97. The van der Waals surface area contributed by atoms with Crippen molar-refractivity contribution in [3.8, 4) is 6.07 Å². The van der Waals surface area contributed by atoms with Gasteiger partial charge in [-0.1, -0.05) is 13.0 Å². The second-order valence-electron chi connectivity index (χ2n) is 4.89. The fraction of sp³-hybridized carbons (Fsp3) is 0.533. The van der Waals surface area contributed by atoms with Crippen molar-refractivity contribution in [2.24, 2.45) is 0 Å². The second-order valence-corrected chi connectivity index (χ2v) is 5.15. The van der Waals surface area contributed by atoms with Crippen LogP contribution in [0, 0.1) is 11.3 Å². The summed E-state index contributed by atoms with van der Waals surface area (Å²) < 4.78 is 0. The summed E-state index contributed by atoms with van der Waals surface area (Å²) in [5.41, 5.74) is 2.72. The summed E-state index contributed by atoms with van der Waals surface area (Å²) in [6.45, 7) is 5.02. The highest BCUT2D eigenvalue weighted by Crippen LogP contribution is 2.22. The van der Waals surface area contributed by atoms with E-state index in [9.17, 15) is 5.26 Å². The lowest BCUT2D eigenvalue weighted by molar-refractivity contribution is 0.413. The lowest BCUT2D eigenvalue weighted by Crippen LogP contribution is -2.32. The van der Waals surface area contributed by atoms with Gasteiger partial charge in [-0.25, -0.2) is 0 Å². The fourth-order valence-electron chi connectivity index (χ4n) is 1.97. The maximum atomic E-state index is 9.30. The Hall–Kier alpha value is -1.24. The van der Waals surface area contributed by atoms with Crippen molar-refractivity contribution in [3.05, 3.63) is 29.3 Å². The molecule has 1 aromatic carbocycles. The molecule has 0 aromatic heterocycles. The fourth-order valence-corrected chi connectivity index (χ4v) is 2.14. The van der Waals surface area contributed by atoms with Crippen molar-refractivity contribution in [2.45, 2.75) is 19.2 Å². The number of anilines is 1. The smallest absolute Gasteiger partial charge is 0.101 e. The van der Waals surface area contributed by atoms with Gasteiger partial charge in [0.1, 0.15) is 6.07 Å². The lowest BCUT2D eigenvalue weighted by Gasteiger charge is -2.27. The molecule has 0 bridgehead atoms. The van der Waals surface area contributed by atoms with Crippen LogP contribution in [-0.4, -0.2) is 38.6 Å². The molecule has 0 saturated heterocycles. The van der Waals surface area contributed by atoms with Crippen LogP contribution in [0.1, 0.15) is 24.5 Å². The van der Waals surface area contributed by atoms with Gasteiger partial charge >= 0.3 is 0 Å². The molecule has 0 unspecified atom stereocenters. The van der Waals surface area contributed by atoms with Crippen LogP contribution >= 0.6 is 11.6 Å². The third-order valence-electron chi connectivity index (χ3n) is 2.99. The molecule has 1 aromatic rings. The minimum absolute atomic E-state index is 0.445. The third-order valence-corrected chi connectivity index (χ3v) is 3.30. The van der Waals surface area contributed by atoms with E-state index in [2.05, 4.69) is 36.9 Å². The van der Waals surface area contributed by atoms with Gasteiger partial charge in [0.2, 0.25) is 0 Å². The van der Waals surface area contributed by atoms with E-state index < -0.39 is 0 Å². The van der Waals surface area contributed by atoms with E-state index in [1.165, 1.54) is 0 Å². The summed E-state index contributed by atoms with van der Waals surface area (Å²) in [6, 6.07) is 8.19. The first-order valence-corrected chi connectivity index (χ1v) is 7.14. The summed E-state index contributed by atoms with van der Waals surface area (Å²) >= 11 is 5.82. The quantitative estimate of drug-likeness (QED) is 0.719. The molecule has 104 valence electrons. The molecule has 0 aliphatic heterocycles. The SMILES string of the molecule is CCCN(CCN(C)C)c1ccc(CCl)cc1C#N. The predicted octanol–water partition coefficient (Wildman–Crippen LogP) is 3.08. The predicted molar refractivity (Wildman–Crippen MR) is 81.8 cm³/mol. The van der Waals surface area contributed by atoms with E-state index in [1.54, 1.807) is 0 Å². The molecule has 0 aliphatic rings. The van der Waals surface area contributed by atoms with E-state index in [0.717, 1.165) is 37.3 Å². The molecule has 1 rings (SSSR count). The number of rotatable bonds is 7. The molecular formula is C15H22ClN3. The highest BCUT2D eigenvalue weighted by atomic mass is 35.5. The molecule has 0 radical (unpaired) electrons. The minimum atomic E-state index is 0.445. The molecule has 19 heavy (non-hydrogen) atoms. The number of nitrogens with zero attached hydrogens (tertiary/aromatic N) is 3. The van der Waals surface area contributed by atoms with Gasteiger partial charge in [-0.05, 0) is 38.2 Å². The Morgan fingerprint density at radius 2 is 1.95 bits per heavy atom. The van der Waals surface area contributed by atoms with Crippen molar-refractivity contribution >= 4 is 17.3 Å². The number of hydrogen-bond donors (Lipinski definition) is 0. The van der Waals surface area contributed by atoms with Gasteiger partial charge < -0.3 is 9.80 Å². The molecule has 0 heterocycles. The molecule has 0 spiro atoms. The first kappa shape index (κ1) is 15.8. The summed E-state index contributed by atoms with van der Waals surface area (Å²) in [5, 5.41) is 9.30. The third kappa shape index (κ3) is 4.74. The van der Waals surface area contributed by atoms with Crippen molar-refractivity contribution in [3.63, 3.8) is 0 Å². The molecular weight excluding hydrogens is 258 g/mol. The van der Waals surface area contributed by atoms with E-state index in [4.69, 9.17) is 11.6 Å². The zero-order valence-corrected chi connectivity index (χ0v) is 12.7. The molecule has 3 nitrogen and oxygen atoms in total. The average molecular weight is 280 g/mol. The lowest BCUT2D eigenvalue weighted by atomic mass is 10.1. The van der Waals surface area contributed by atoms with Crippen LogP contribution in [0.5, 0.6) is 0 Å². The Morgan fingerprint density at radius 3 is 2.47 bits per heavy atom. The van der Waals surface area contributed by atoms with Crippen LogP contribution in [0.25, 0.3) is 0 Å². The number of alkyl halides is 1. The minimum Gasteiger partial charge on any atom is -0.369 e. The Kier molecular flexibility index (Phi) is 6.69. The topological polar surface area (TPSA) is 30.3 Å². The van der Waals surface area contributed by atoms with Crippen molar-refractivity contribution in [1.82, 2.24) is 4.90 Å². The van der Waals surface area contributed by atoms with Crippen LogP contribution in [0.4, 0.5) is 5.69 Å². The summed E-state index contributed by atoms with van der Waals surface area (Å²) in [6.07, 6.45) is 1.07. The number of hydrogen-bond acceptors (Lipinski definition) is 3. The van der Waals surface area contributed by atoms with E-state index in [0.29, 0.717) is 11.4 Å². The summed E-state index contributed by atoms with van der Waals surface area (Å²) in [4.78, 5) is 4.43. The monoisotopic (exact) mass is 279 g/mol. The Bertz CT molecular complexity index is 438. The van der Waals surface area contributed by atoms with E-state index >= 15 is 0 Å². The number of nitriles is 1. The number of halogens is 1. The van der Waals surface area contributed by atoms with Gasteiger partial charge in [0.25, 0.3) is 0 Å². The highest BCUT2D eigenvalue weighted by Gasteiger charge is 2.11. The zero-order valence-electron chi connectivity index (χ0n) is 12.0. The molecule has 0 fully saturated rings. The van der Waals surface area contributed by atoms with Crippen molar-refractivity contribution < 1.29 is 0 Å². The summed E-state index contributed by atoms with van der Waals surface area (Å²) in [7, 11) is 4.12. The normalized spacial score (nSPS) is 10.5. The molecule has 0 N–H and O–H groups in total. The first-order chi connectivity index (χ1) is 9.12. The van der Waals surface area contributed by atoms with Gasteiger partial charge in [0, 0.05) is 25.5 Å². The Morgan fingerprint density at radius 1 is 1.21 bits per heavy atom. The van der Waals surface area contributed by atoms with Crippen LogP contribution in [0.15, 0.2) is 18.2 Å². The van der Waals surface area contributed by atoms with Gasteiger partial charge in [-0.3, -0.25) is 0 Å². The van der Waals surface area contributed by atoms with E-state index in [-0.39, 0.29) is 0 Å². The van der Waals surface area contributed by atoms with Gasteiger partial charge in [-0.2, -0.15) is 5.26 Å². The standard InChI is InChI=1S/C15H22ClN3/c1-4-7-19(9-8-18(2)3)15-6-5-13(11-16)10-14(15)12-17/h5-6,10H,4,7-9,11H2,1-3H3. The maximum Gasteiger partial charge on any atom is 0.101 e. The first-order valence-electron chi connectivity index (χ1n) is 6.61. The number of likely N-dealkylation sites (N-methyl/N-ethyl adjacent to an activating group) is 1. The Labute approximate surface area is 121 Å². The van der Waals surface area contributed by atoms with Gasteiger partial charge in [0.15, 0.2) is 0 Å². The number of benzene rings is 1. The molecule has 0 amide bonds. The summed E-state index contributed by atoms with van der Waals surface area (Å²) in [5.74, 6) is 0.445. The van der Waals surface area contributed by atoms with Crippen LogP contribution in [0.2, 0.25) is 0 Å². The molecule has 0 atom stereocenters.